The lowest BCUT2D eigenvalue weighted by Gasteiger charge is -2.24. The van der Waals surface area contributed by atoms with Gasteiger partial charge in [0.15, 0.2) is 0 Å². The van der Waals surface area contributed by atoms with Crippen LogP contribution in [0.2, 0.25) is 0 Å². The third kappa shape index (κ3) is 5.37. The van der Waals surface area contributed by atoms with Gasteiger partial charge in [-0.25, -0.2) is 4.79 Å². The number of carbonyl (C=O) groups is 2. The van der Waals surface area contributed by atoms with Gasteiger partial charge in [0.1, 0.15) is 0 Å². The topological polar surface area (TPSA) is 91.3 Å². The number of urea groups is 1. The molecule has 6 heteroatoms. The maximum atomic E-state index is 11.7. The Hall–Kier alpha value is -2.11. The first kappa shape index (κ1) is 14.9. The summed E-state index contributed by atoms with van der Waals surface area (Å²) in [6.45, 7) is 5.62. The summed E-state index contributed by atoms with van der Waals surface area (Å²) in [6.07, 6.45) is 3.26. The minimum Gasteiger partial charge on any atom is -0.481 e. The van der Waals surface area contributed by atoms with Crippen molar-refractivity contribution in [2.45, 2.75) is 39.3 Å². The molecule has 1 heterocycles. The molecule has 2 amide bonds. The molecule has 0 unspecified atom stereocenters. The Labute approximate surface area is 112 Å². The van der Waals surface area contributed by atoms with Gasteiger partial charge in [-0.05, 0) is 38.0 Å². The summed E-state index contributed by atoms with van der Waals surface area (Å²) < 4.78 is 0. The number of amides is 2. The van der Waals surface area contributed by atoms with E-state index in [4.69, 9.17) is 5.11 Å². The van der Waals surface area contributed by atoms with Crippen molar-refractivity contribution in [2.75, 3.05) is 0 Å². The number of carboxylic acids is 1. The third-order valence-corrected chi connectivity index (χ3v) is 2.62. The lowest BCUT2D eigenvalue weighted by molar-refractivity contribution is -0.138. The van der Waals surface area contributed by atoms with Gasteiger partial charge >= 0.3 is 12.0 Å². The number of aromatic nitrogens is 1. The summed E-state index contributed by atoms with van der Waals surface area (Å²) in [6, 6.07) is 1.44. The molecule has 0 saturated carbocycles. The zero-order valence-corrected chi connectivity index (χ0v) is 11.4. The van der Waals surface area contributed by atoms with Crippen molar-refractivity contribution in [3.8, 4) is 0 Å². The number of nitrogens with zero attached hydrogens (tertiary/aromatic N) is 1. The summed E-state index contributed by atoms with van der Waals surface area (Å²) in [5.74, 6) is -0.949. The molecule has 0 aromatic carbocycles. The number of nitrogens with one attached hydrogen (secondary N) is 2. The van der Waals surface area contributed by atoms with Crippen LogP contribution < -0.4 is 10.6 Å². The van der Waals surface area contributed by atoms with Crippen molar-refractivity contribution in [3.63, 3.8) is 0 Å². The van der Waals surface area contributed by atoms with Crippen molar-refractivity contribution in [2.24, 2.45) is 0 Å². The van der Waals surface area contributed by atoms with Crippen molar-refractivity contribution in [1.29, 1.82) is 0 Å². The highest BCUT2D eigenvalue weighted by Crippen LogP contribution is 2.08. The number of aliphatic carboxylic acids is 1. The molecule has 0 aliphatic carbocycles. The van der Waals surface area contributed by atoms with Crippen LogP contribution in [0.4, 0.5) is 4.79 Å². The molecule has 1 aromatic heterocycles. The van der Waals surface area contributed by atoms with Gasteiger partial charge in [-0.3, -0.25) is 9.78 Å². The average Bonchev–Trinajstić information content (AvgIpc) is 2.25. The molecule has 3 N–H and O–H groups in total. The molecular weight excluding hydrogens is 246 g/mol. The number of pyridine rings is 1. The number of carboxylic acid groups (broad SMARTS) is 1. The van der Waals surface area contributed by atoms with E-state index in [0.717, 1.165) is 11.1 Å². The number of aryl methyl sites for hydroxylation is 1. The van der Waals surface area contributed by atoms with Crippen LogP contribution in [0.25, 0.3) is 0 Å². The van der Waals surface area contributed by atoms with Gasteiger partial charge in [-0.15, -0.1) is 0 Å². The Kier molecular flexibility index (Phi) is 4.86. The second-order valence-corrected chi connectivity index (χ2v) is 5.06. The highest BCUT2D eigenvalue weighted by atomic mass is 16.4. The van der Waals surface area contributed by atoms with Crippen LogP contribution in [-0.4, -0.2) is 27.6 Å². The molecule has 0 aliphatic heterocycles. The van der Waals surface area contributed by atoms with Gasteiger partial charge in [0.05, 0.1) is 6.42 Å². The Morgan fingerprint density at radius 3 is 2.68 bits per heavy atom. The fraction of sp³-hybridized carbons (Fsp3) is 0.462. The van der Waals surface area contributed by atoms with E-state index in [1.807, 2.05) is 13.0 Å². The lowest BCUT2D eigenvalue weighted by Crippen LogP contribution is -2.49. The van der Waals surface area contributed by atoms with Crippen LogP contribution in [0.3, 0.4) is 0 Å². The van der Waals surface area contributed by atoms with Crippen molar-refractivity contribution in [1.82, 2.24) is 15.6 Å². The number of hydrogen-bond donors (Lipinski definition) is 3. The van der Waals surface area contributed by atoms with Gasteiger partial charge in [-0.1, -0.05) is 0 Å². The van der Waals surface area contributed by atoms with Crippen molar-refractivity contribution in [3.05, 3.63) is 29.6 Å². The molecule has 0 saturated heterocycles. The maximum Gasteiger partial charge on any atom is 0.315 e. The predicted molar refractivity (Wildman–Crippen MR) is 70.7 cm³/mol. The minimum atomic E-state index is -0.949. The molecule has 0 fully saturated rings. The Balaban J connectivity index is 2.48. The van der Waals surface area contributed by atoms with E-state index >= 15 is 0 Å². The molecule has 104 valence electrons. The molecule has 6 nitrogen and oxygen atoms in total. The van der Waals surface area contributed by atoms with Crippen molar-refractivity contribution >= 4 is 12.0 Å². The summed E-state index contributed by atoms with van der Waals surface area (Å²) in [5, 5.41) is 14.1. The zero-order chi connectivity index (χ0) is 14.5. The van der Waals surface area contributed by atoms with Crippen LogP contribution in [-0.2, 0) is 11.3 Å². The van der Waals surface area contributed by atoms with Gasteiger partial charge in [-0.2, -0.15) is 0 Å². The second-order valence-electron chi connectivity index (χ2n) is 5.06. The first-order valence-corrected chi connectivity index (χ1v) is 5.97. The molecule has 0 bridgehead atoms. The van der Waals surface area contributed by atoms with E-state index in [0.29, 0.717) is 6.54 Å². The largest absolute Gasteiger partial charge is 0.481 e. The van der Waals surface area contributed by atoms with Gasteiger partial charge in [0.2, 0.25) is 0 Å². The lowest BCUT2D eigenvalue weighted by atomic mass is 10.0. The number of hydrogen-bond acceptors (Lipinski definition) is 3. The third-order valence-electron chi connectivity index (χ3n) is 2.62. The fourth-order valence-corrected chi connectivity index (χ4v) is 1.65. The first-order valence-electron chi connectivity index (χ1n) is 5.97. The van der Waals surface area contributed by atoms with Crippen LogP contribution in [0.5, 0.6) is 0 Å². The van der Waals surface area contributed by atoms with Gasteiger partial charge in [0.25, 0.3) is 0 Å². The molecular formula is C13H19N3O3. The van der Waals surface area contributed by atoms with Crippen LogP contribution in [0.15, 0.2) is 18.5 Å². The average molecular weight is 265 g/mol. The number of carbonyl (C=O) groups excluding carboxylic acids is 1. The standard InChI is InChI=1S/C13H19N3O3/c1-9-7-14-5-4-10(9)8-15-12(19)16-13(2,3)6-11(17)18/h4-5,7H,6,8H2,1-3H3,(H,17,18)(H2,15,16,19). The summed E-state index contributed by atoms with van der Waals surface area (Å²) in [4.78, 5) is 26.3. The summed E-state index contributed by atoms with van der Waals surface area (Å²) >= 11 is 0. The normalized spacial score (nSPS) is 10.9. The Bertz CT molecular complexity index is 472. The molecule has 0 aliphatic rings. The van der Waals surface area contributed by atoms with E-state index in [2.05, 4.69) is 15.6 Å². The molecule has 0 radical (unpaired) electrons. The quantitative estimate of drug-likeness (QED) is 0.751. The highest BCUT2D eigenvalue weighted by Gasteiger charge is 2.23. The minimum absolute atomic E-state index is 0.130. The van der Waals surface area contributed by atoms with Crippen LogP contribution in [0.1, 0.15) is 31.4 Å². The van der Waals surface area contributed by atoms with Gasteiger partial charge in [0, 0.05) is 24.5 Å². The monoisotopic (exact) mass is 265 g/mol. The zero-order valence-electron chi connectivity index (χ0n) is 11.4. The first-order chi connectivity index (χ1) is 8.80. The molecule has 0 atom stereocenters. The molecule has 0 spiro atoms. The second kappa shape index (κ2) is 6.17. The Morgan fingerprint density at radius 1 is 1.42 bits per heavy atom. The van der Waals surface area contributed by atoms with E-state index in [1.165, 1.54) is 0 Å². The molecule has 19 heavy (non-hydrogen) atoms. The van der Waals surface area contributed by atoms with Gasteiger partial charge < -0.3 is 15.7 Å². The Morgan fingerprint density at radius 2 is 2.11 bits per heavy atom. The van der Waals surface area contributed by atoms with Crippen molar-refractivity contribution < 1.29 is 14.7 Å². The van der Waals surface area contributed by atoms with E-state index in [1.54, 1.807) is 26.2 Å². The van der Waals surface area contributed by atoms with Crippen LogP contribution in [0, 0.1) is 6.92 Å². The van der Waals surface area contributed by atoms with E-state index in [9.17, 15) is 9.59 Å². The summed E-state index contributed by atoms with van der Waals surface area (Å²) in [5.41, 5.74) is 1.18. The number of rotatable bonds is 5. The maximum absolute atomic E-state index is 11.7. The summed E-state index contributed by atoms with van der Waals surface area (Å²) in [7, 11) is 0. The molecule has 1 rings (SSSR count). The van der Waals surface area contributed by atoms with E-state index < -0.39 is 11.5 Å². The smallest absolute Gasteiger partial charge is 0.315 e. The highest BCUT2D eigenvalue weighted by molar-refractivity contribution is 5.76. The SMILES string of the molecule is Cc1cnccc1CNC(=O)NC(C)(C)CC(=O)O. The predicted octanol–water partition coefficient (Wildman–Crippen LogP) is 1.44. The van der Waals surface area contributed by atoms with Crippen LogP contribution >= 0.6 is 0 Å². The molecule has 1 aromatic rings. The van der Waals surface area contributed by atoms with E-state index in [-0.39, 0.29) is 12.5 Å². The fourth-order valence-electron chi connectivity index (χ4n) is 1.65.